The van der Waals surface area contributed by atoms with Gasteiger partial charge in [0.25, 0.3) is 0 Å². The quantitative estimate of drug-likeness (QED) is 0.485. The van der Waals surface area contributed by atoms with Crippen molar-refractivity contribution >= 4 is 17.5 Å². The number of aromatic nitrogens is 2. The molecule has 0 aliphatic rings. The first-order valence-corrected chi connectivity index (χ1v) is 3.83. The molecule has 13 heavy (non-hydrogen) atoms. The summed E-state index contributed by atoms with van der Waals surface area (Å²) < 4.78 is 1.81. The molecule has 0 aliphatic carbocycles. The molecule has 0 spiro atoms. The number of fused-ring (bicyclic) bond motifs is 1. The Labute approximate surface area is 74.6 Å². The first kappa shape index (κ1) is 7.71. The lowest BCUT2D eigenvalue weighted by Crippen LogP contribution is -1.81. The third-order valence-electron chi connectivity index (χ3n) is 1.76. The Morgan fingerprint density at radius 2 is 2.46 bits per heavy atom. The number of aryl methyl sites for hydroxylation is 1. The lowest BCUT2D eigenvalue weighted by atomic mass is 10.3. The van der Waals surface area contributed by atoms with Crippen LogP contribution in [-0.2, 0) is 4.79 Å². The Morgan fingerprint density at radius 1 is 1.62 bits per heavy atom. The summed E-state index contributed by atoms with van der Waals surface area (Å²) in [5.74, 6) is 0.389. The van der Waals surface area contributed by atoms with Gasteiger partial charge in [-0.05, 0) is 24.6 Å². The third-order valence-corrected chi connectivity index (χ3v) is 1.76. The summed E-state index contributed by atoms with van der Waals surface area (Å²) >= 11 is 0. The van der Waals surface area contributed by atoms with Crippen LogP contribution in [0.5, 0.6) is 0 Å². The summed E-state index contributed by atoms with van der Waals surface area (Å²) in [5, 5.41) is 0. The van der Waals surface area contributed by atoms with E-state index in [2.05, 4.69) is 9.98 Å². The maximum absolute atomic E-state index is 9.98. The van der Waals surface area contributed by atoms with Gasteiger partial charge in [0.1, 0.15) is 5.65 Å². The van der Waals surface area contributed by atoms with Gasteiger partial charge in [-0.1, -0.05) is 0 Å². The number of aliphatic imine (C=N–C) groups is 1. The monoisotopic (exact) mass is 173 g/mol. The van der Waals surface area contributed by atoms with Crippen LogP contribution in [0.4, 0.5) is 5.82 Å². The van der Waals surface area contributed by atoms with Crippen molar-refractivity contribution in [1.82, 2.24) is 9.38 Å². The summed E-state index contributed by atoms with van der Waals surface area (Å²) in [6.07, 6.45) is 5.02. The number of rotatable bonds is 1. The molecular formula is C9H7N3O. The van der Waals surface area contributed by atoms with E-state index in [9.17, 15) is 4.79 Å². The van der Waals surface area contributed by atoms with Crippen molar-refractivity contribution in [1.29, 1.82) is 0 Å². The SMILES string of the molecule is Cc1ccn2cc(N=C=O)nc2c1. The molecule has 0 aliphatic heterocycles. The van der Waals surface area contributed by atoms with Crippen molar-refractivity contribution in [2.24, 2.45) is 4.99 Å². The van der Waals surface area contributed by atoms with Crippen LogP contribution in [0.2, 0.25) is 0 Å². The van der Waals surface area contributed by atoms with Gasteiger partial charge >= 0.3 is 0 Å². The van der Waals surface area contributed by atoms with Gasteiger partial charge in [0, 0.05) is 6.20 Å². The Hall–Kier alpha value is -1.93. The van der Waals surface area contributed by atoms with Gasteiger partial charge < -0.3 is 4.40 Å². The van der Waals surface area contributed by atoms with Crippen LogP contribution < -0.4 is 0 Å². The van der Waals surface area contributed by atoms with Crippen molar-refractivity contribution in [3.8, 4) is 0 Å². The van der Waals surface area contributed by atoms with Crippen LogP contribution in [0.3, 0.4) is 0 Å². The standard InChI is InChI=1S/C9H7N3O/c1-7-2-3-12-5-8(10-6-13)11-9(12)4-7/h2-5H,1H3. The second kappa shape index (κ2) is 2.84. The average Bonchev–Trinajstić information content (AvgIpc) is 2.46. The molecule has 0 N–H and O–H groups in total. The van der Waals surface area contributed by atoms with E-state index in [1.807, 2.05) is 29.7 Å². The molecule has 0 saturated heterocycles. The lowest BCUT2D eigenvalue weighted by Gasteiger charge is -1.92. The van der Waals surface area contributed by atoms with Crippen LogP contribution in [0.25, 0.3) is 5.65 Å². The van der Waals surface area contributed by atoms with E-state index in [0.29, 0.717) is 5.82 Å². The molecule has 4 nitrogen and oxygen atoms in total. The largest absolute Gasteiger partial charge is 0.305 e. The van der Waals surface area contributed by atoms with Crippen molar-refractivity contribution in [2.45, 2.75) is 6.92 Å². The molecule has 0 radical (unpaired) electrons. The topological polar surface area (TPSA) is 46.7 Å². The van der Waals surface area contributed by atoms with Gasteiger partial charge in [0.05, 0.1) is 6.20 Å². The molecule has 2 aromatic rings. The molecule has 0 unspecified atom stereocenters. The first-order chi connectivity index (χ1) is 6.29. The van der Waals surface area contributed by atoms with Gasteiger partial charge in [0.15, 0.2) is 5.82 Å². The fourth-order valence-corrected chi connectivity index (χ4v) is 1.17. The molecule has 0 atom stereocenters. The number of carbonyl (C=O) groups excluding carboxylic acids is 1. The minimum absolute atomic E-state index is 0.389. The molecule has 64 valence electrons. The van der Waals surface area contributed by atoms with Crippen molar-refractivity contribution in [3.63, 3.8) is 0 Å². The Bertz CT molecular complexity index is 495. The lowest BCUT2D eigenvalue weighted by molar-refractivity contribution is 0.565. The molecule has 0 aromatic carbocycles. The molecule has 4 heteroatoms. The van der Waals surface area contributed by atoms with Crippen molar-refractivity contribution in [2.75, 3.05) is 0 Å². The van der Waals surface area contributed by atoms with E-state index >= 15 is 0 Å². The molecular weight excluding hydrogens is 166 g/mol. The van der Waals surface area contributed by atoms with Crippen LogP contribution in [0, 0.1) is 6.92 Å². The minimum atomic E-state index is 0.389. The first-order valence-electron chi connectivity index (χ1n) is 3.83. The minimum Gasteiger partial charge on any atom is -0.305 e. The van der Waals surface area contributed by atoms with Gasteiger partial charge in [-0.25, -0.2) is 9.78 Å². The van der Waals surface area contributed by atoms with E-state index in [4.69, 9.17) is 0 Å². The predicted octanol–water partition coefficient (Wildman–Crippen LogP) is 1.61. The summed E-state index contributed by atoms with van der Waals surface area (Å²) in [6.45, 7) is 1.98. The van der Waals surface area contributed by atoms with E-state index in [1.54, 1.807) is 6.20 Å². The molecule has 0 fully saturated rings. The summed E-state index contributed by atoms with van der Waals surface area (Å²) in [7, 11) is 0. The molecule has 0 amide bonds. The summed E-state index contributed by atoms with van der Waals surface area (Å²) in [5.41, 5.74) is 1.91. The highest BCUT2D eigenvalue weighted by atomic mass is 16.1. The van der Waals surface area contributed by atoms with Crippen molar-refractivity contribution < 1.29 is 4.79 Å². The Balaban J connectivity index is 2.68. The highest BCUT2D eigenvalue weighted by Crippen LogP contribution is 2.12. The van der Waals surface area contributed by atoms with E-state index in [0.717, 1.165) is 11.2 Å². The number of hydrogen-bond acceptors (Lipinski definition) is 3. The van der Waals surface area contributed by atoms with Gasteiger partial charge in [-0.3, -0.25) is 0 Å². The zero-order valence-corrected chi connectivity index (χ0v) is 7.06. The van der Waals surface area contributed by atoms with Crippen LogP contribution >= 0.6 is 0 Å². The summed E-state index contributed by atoms with van der Waals surface area (Å²) in [6, 6.07) is 3.88. The van der Waals surface area contributed by atoms with E-state index in [1.165, 1.54) is 6.08 Å². The van der Waals surface area contributed by atoms with E-state index in [-0.39, 0.29) is 0 Å². The second-order valence-corrected chi connectivity index (χ2v) is 2.77. The van der Waals surface area contributed by atoms with Gasteiger partial charge in [-0.15, -0.1) is 4.99 Å². The molecule has 0 bridgehead atoms. The highest BCUT2D eigenvalue weighted by molar-refractivity contribution is 5.51. The second-order valence-electron chi connectivity index (χ2n) is 2.77. The third kappa shape index (κ3) is 1.35. The Morgan fingerprint density at radius 3 is 3.23 bits per heavy atom. The zero-order valence-electron chi connectivity index (χ0n) is 7.06. The van der Waals surface area contributed by atoms with Crippen molar-refractivity contribution in [3.05, 3.63) is 30.1 Å². The smallest absolute Gasteiger partial charge is 0.242 e. The molecule has 2 rings (SSSR count). The fourth-order valence-electron chi connectivity index (χ4n) is 1.17. The van der Waals surface area contributed by atoms with Crippen LogP contribution in [0.15, 0.2) is 29.5 Å². The van der Waals surface area contributed by atoms with Crippen LogP contribution in [0.1, 0.15) is 5.56 Å². The maximum atomic E-state index is 9.98. The highest BCUT2D eigenvalue weighted by Gasteiger charge is 1.98. The maximum Gasteiger partial charge on any atom is 0.242 e. The number of nitrogens with zero attached hydrogens (tertiary/aromatic N) is 3. The van der Waals surface area contributed by atoms with Gasteiger partial charge in [-0.2, -0.15) is 0 Å². The molecule has 0 saturated carbocycles. The zero-order chi connectivity index (χ0) is 9.26. The van der Waals surface area contributed by atoms with E-state index < -0.39 is 0 Å². The Kier molecular flexibility index (Phi) is 1.69. The number of imidazole rings is 1. The summed E-state index contributed by atoms with van der Waals surface area (Å²) in [4.78, 5) is 17.5. The number of isocyanates is 1. The normalized spacial score (nSPS) is 9.92. The fraction of sp³-hybridized carbons (Fsp3) is 0.111. The van der Waals surface area contributed by atoms with Crippen LogP contribution in [-0.4, -0.2) is 15.5 Å². The predicted molar refractivity (Wildman–Crippen MR) is 47.7 cm³/mol. The molecule has 2 heterocycles. The average molecular weight is 173 g/mol. The number of pyridine rings is 1. The molecule has 2 aromatic heterocycles. The number of hydrogen-bond donors (Lipinski definition) is 0. The van der Waals surface area contributed by atoms with Gasteiger partial charge in [0.2, 0.25) is 6.08 Å².